The highest BCUT2D eigenvalue weighted by atomic mass is 35.5. The quantitative estimate of drug-likeness (QED) is 0.224. The number of carbonyl (C=O) groups is 1. The molecule has 0 saturated heterocycles. The first-order valence-electron chi connectivity index (χ1n) is 13.3. The molecular weight excluding hydrogens is 528 g/mol. The van der Waals surface area contributed by atoms with Crippen LogP contribution in [0.15, 0.2) is 66.2 Å². The lowest BCUT2D eigenvalue weighted by Gasteiger charge is -2.23. The number of thiazole rings is 1. The van der Waals surface area contributed by atoms with Crippen molar-refractivity contribution >= 4 is 39.9 Å². The molecule has 202 valence electrons. The van der Waals surface area contributed by atoms with Crippen LogP contribution in [0.1, 0.15) is 65.1 Å². The van der Waals surface area contributed by atoms with E-state index in [-0.39, 0.29) is 5.56 Å². The summed E-state index contributed by atoms with van der Waals surface area (Å²) in [5, 5.41) is 12.6. The van der Waals surface area contributed by atoms with E-state index in [1.807, 2.05) is 48.8 Å². The van der Waals surface area contributed by atoms with E-state index in [2.05, 4.69) is 34.1 Å². The maximum atomic E-state index is 11.1. The van der Waals surface area contributed by atoms with E-state index < -0.39 is 5.97 Å². The molecular formula is C31H33ClN4O2S. The summed E-state index contributed by atoms with van der Waals surface area (Å²) in [5.74, 6) is 0.534. The van der Waals surface area contributed by atoms with Crippen molar-refractivity contribution in [2.45, 2.75) is 51.1 Å². The molecule has 1 aliphatic carbocycles. The lowest BCUT2D eigenvalue weighted by Crippen LogP contribution is -2.18. The van der Waals surface area contributed by atoms with Gasteiger partial charge in [-0.2, -0.15) is 0 Å². The maximum absolute atomic E-state index is 11.1. The van der Waals surface area contributed by atoms with Crippen molar-refractivity contribution in [1.82, 2.24) is 9.97 Å². The summed E-state index contributed by atoms with van der Waals surface area (Å²) in [4.78, 5) is 24.7. The van der Waals surface area contributed by atoms with Gasteiger partial charge in [0.2, 0.25) is 0 Å². The number of rotatable bonds is 9. The van der Waals surface area contributed by atoms with Crippen LogP contribution in [0.3, 0.4) is 0 Å². The molecule has 5 rings (SSSR count). The Morgan fingerprint density at radius 3 is 2.26 bits per heavy atom. The van der Waals surface area contributed by atoms with E-state index in [0.29, 0.717) is 17.5 Å². The number of aromatic carboxylic acids is 1. The minimum absolute atomic E-state index is 0.281. The van der Waals surface area contributed by atoms with Gasteiger partial charge in [-0.05, 0) is 53.6 Å². The second-order valence-electron chi connectivity index (χ2n) is 10.3. The van der Waals surface area contributed by atoms with E-state index in [1.165, 1.54) is 43.2 Å². The third-order valence-corrected chi connectivity index (χ3v) is 8.63. The Balaban J connectivity index is 1.22. The van der Waals surface area contributed by atoms with Crippen LogP contribution in [0.2, 0.25) is 5.02 Å². The number of benzene rings is 2. The molecule has 0 bridgehead atoms. The van der Waals surface area contributed by atoms with Crippen molar-refractivity contribution < 1.29 is 9.90 Å². The van der Waals surface area contributed by atoms with Crippen LogP contribution in [0.25, 0.3) is 11.3 Å². The zero-order valence-corrected chi connectivity index (χ0v) is 23.9. The van der Waals surface area contributed by atoms with E-state index in [0.717, 1.165) is 34.3 Å². The minimum atomic E-state index is -0.924. The van der Waals surface area contributed by atoms with Gasteiger partial charge >= 0.3 is 5.97 Å². The van der Waals surface area contributed by atoms with Gasteiger partial charge in [-0.15, -0.1) is 11.3 Å². The maximum Gasteiger partial charge on any atom is 0.335 e. The van der Waals surface area contributed by atoms with Gasteiger partial charge in [-0.1, -0.05) is 67.3 Å². The molecule has 0 unspecified atom stereocenters. The molecule has 1 N–H and O–H groups in total. The highest BCUT2D eigenvalue weighted by Gasteiger charge is 2.17. The lowest BCUT2D eigenvalue weighted by atomic mass is 9.84. The topological polar surface area (TPSA) is 69.6 Å². The molecule has 8 heteroatoms. The van der Waals surface area contributed by atoms with Crippen LogP contribution in [-0.4, -0.2) is 35.1 Å². The number of halogens is 1. The summed E-state index contributed by atoms with van der Waals surface area (Å²) in [7, 11) is 3.99. The van der Waals surface area contributed by atoms with Gasteiger partial charge in [-0.3, -0.25) is 0 Å². The van der Waals surface area contributed by atoms with E-state index in [4.69, 9.17) is 21.7 Å². The summed E-state index contributed by atoms with van der Waals surface area (Å²) in [6, 6.07) is 17.9. The Labute approximate surface area is 238 Å². The van der Waals surface area contributed by atoms with Crippen LogP contribution < -0.4 is 9.80 Å². The first kappa shape index (κ1) is 27.2. The molecule has 0 amide bonds. The first-order chi connectivity index (χ1) is 18.9. The second-order valence-corrected chi connectivity index (χ2v) is 11.6. The second kappa shape index (κ2) is 12.2. The van der Waals surface area contributed by atoms with Crippen LogP contribution in [0, 0.1) is 0 Å². The molecule has 1 aliphatic rings. The molecule has 2 aromatic heterocycles. The fourth-order valence-electron chi connectivity index (χ4n) is 5.20. The number of carboxylic acid groups (broad SMARTS) is 1. The Kier molecular flexibility index (Phi) is 8.48. The van der Waals surface area contributed by atoms with Gasteiger partial charge in [0.1, 0.15) is 5.82 Å². The number of pyridine rings is 1. The minimum Gasteiger partial charge on any atom is -0.478 e. The van der Waals surface area contributed by atoms with Crippen LogP contribution >= 0.6 is 22.9 Å². The Bertz CT molecular complexity index is 1420. The predicted octanol–water partition coefficient (Wildman–Crippen LogP) is 7.88. The highest BCUT2D eigenvalue weighted by molar-refractivity contribution is 7.14. The molecule has 0 spiro atoms. The molecule has 0 atom stereocenters. The fourth-order valence-corrected chi connectivity index (χ4v) is 6.31. The number of aromatic nitrogens is 2. The molecule has 1 saturated carbocycles. The molecule has 1 fully saturated rings. The van der Waals surface area contributed by atoms with Gasteiger partial charge < -0.3 is 14.9 Å². The average molecular weight is 561 g/mol. The molecule has 4 aromatic rings. The van der Waals surface area contributed by atoms with Gasteiger partial charge in [0.25, 0.3) is 0 Å². The van der Waals surface area contributed by atoms with E-state index in [9.17, 15) is 4.79 Å². The van der Waals surface area contributed by atoms with Gasteiger partial charge in [0, 0.05) is 44.3 Å². The third kappa shape index (κ3) is 6.60. The van der Waals surface area contributed by atoms with Crippen LogP contribution in [-0.2, 0) is 13.1 Å². The third-order valence-electron chi connectivity index (χ3n) is 7.39. The number of carboxylic acids is 1. The van der Waals surface area contributed by atoms with Gasteiger partial charge in [0.15, 0.2) is 5.13 Å². The summed E-state index contributed by atoms with van der Waals surface area (Å²) in [6.45, 7) is 1.35. The van der Waals surface area contributed by atoms with Gasteiger partial charge in [0.05, 0.1) is 16.3 Å². The first-order valence-corrected chi connectivity index (χ1v) is 14.6. The average Bonchev–Trinajstić information content (AvgIpc) is 3.45. The molecule has 0 aliphatic heterocycles. The highest BCUT2D eigenvalue weighted by Crippen LogP contribution is 2.34. The largest absolute Gasteiger partial charge is 0.478 e. The fraction of sp³-hybridized carbons (Fsp3) is 0.323. The lowest BCUT2D eigenvalue weighted by molar-refractivity contribution is 0.0697. The summed E-state index contributed by atoms with van der Waals surface area (Å²) in [6.07, 6.45) is 8.51. The van der Waals surface area contributed by atoms with Crippen molar-refractivity contribution in [3.63, 3.8) is 0 Å². The molecule has 0 radical (unpaired) electrons. The monoisotopic (exact) mass is 560 g/mol. The molecule has 6 nitrogen and oxygen atoms in total. The number of nitrogens with zero attached hydrogens (tertiary/aromatic N) is 4. The molecule has 2 heterocycles. The van der Waals surface area contributed by atoms with Crippen molar-refractivity contribution in [1.29, 1.82) is 0 Å². The van der Waals surface area contributed by atoms with Gasteiger partial charge in [-0.25, -0.2) is 14.8 Å². The summed E-state index contributed by atoms with van der Waals surface area (Å²) in [5.41, 5.74) is 5.69. The van der Waals surface area contributed by atoms with Crippen molar-refractivity contribution in [2.24, 2.45) is 0 Å². The molecule has 39 heavy (non-hydrogen) atoms. The summed E-state index contributed by atoms with van der Waals surface area (Å²) < 4.78 is 0. The number of anilines is 2. The number of hydrogen-bond donors (Lipinski definition) is 1. The number of hydrogen-bond acceptors (Lipinski definition) is 6. The van der Waals surface area contributed by atoms with E-state index >= 15 is 0 Å². The summed E-state index contributed by atoms with van der Waals surface area (Å²) >= 11 is 8.25. The zero-order chi connectivity index (χ0) is 27.4. The van der Waals surface area contributed by atoms with Crippen molar-refractivity contribution in [2.75, 3.05) is 23.9 Å². The Hall–Kier alpha value is -3.42. The Morgan fingerprint density at radius 2 is 1.62 bits per heavy atom. The smallest absolute Gasteiger partial charge is 0.335 e. The predicted molar refractivity (Wildman–Crippen MR) is 160 cm³/mol. The Morgan fingerprint density at radius 1 is 0.974 bits per heavy atom. The van der Waals surface area contributed by atoms with Crippen LogP contribution in [0.4, 0.5) is 10.9 Å². The standard InChI is InChI=1S/C31H33ClN4O2S/c1-35(18-21-8-12-24(13-9-21)23-6-4-3-5-7-23)29-27(32)16-26(17-33-29)28-20-39-31(34-28)36(2)19-22-10-14-25(15-11-22)30(37)38/h8-17,20,23H,3-7,18-19H2,1-2H3,(H,37,38). The van der Waals surface area contributed by atoms with E-state index in [1.54, 1.807) is 23.5 Å². The van der Waals surface area contributed by atoms with Crippen LogP contribution in [0.5, 0.6) is 0 Å². The SMILES string of the molecule is CN(Cc1ccc(C(=O)O)cc1)c1nc(-c2cnc(N(C)Cc3ccc(C4CCCCC4)cc3)c(Cl)c2)cs1. The van der Waals surface area contributed by atoms with Crippen molar-refractivity contribution in [3.8, 4) is 11.3 Å². The molecule has 2 aromatic carbocycles. The zero-order valence-electron chi connectivity index (χ0n) is 22.3. The normalized spacial score (nSPS) is 13.8. The van der Waals surface area contributed by atoms with Crippen molar-refractivity contribution in [3.05, 3.63) is 93.5 Å².